The summed E-state index contributed by atoms with van der Waals surface area (Å²) in [6.07, 6.45) is 6.31. The van der Waals surface area contributed by atoms with Crippen LogP contribution in [0.3, 0.4) is 0 Å². The number of amides is 3. The number of benzene rings is 3. The van der Waals surface area contributed by atoms with Crippen molar-refractivity contribution in [1.29, 1.82) is 0 Å². The Labute approximate surface area is 311 Å². The van der Waals surface area contributed by atoms with Crippen LogP contribution in [-0.2, 0) is 27.2 Å². The van der Waals surface area contributed by atoms with Crippen LogP contribution in [0.4, 0.5) is 10.7 Å². The van der Waals surface area contributed by atoms with Crippen molar-refractivity contribution >= 4 is 63.6 Å². The highest BCUT2D eigenvalue weighted by Gasteiger charge is 2.27. The van der Waals surface area contributed by atoms with Crippen molar-refractivity contribution < 1.29 is 38.1 Å². The Bertz CT molecular complexity index is 1960. The zero-order valence-electron chi connectivity index (χ0n) is 29.5. The molecule has 13 heteroatoms. The number of methoxy groups -OCH3 is 3. The maximum Gasteiger partial charge on any atom is 0.341 e. The number of carbonyl (C=O) groups excluding carboxylic acids is 4. The van der Waals surface area contributed by atoms with E-state index in [-0.39, 0.29) is 24.0 Å². The second-order valence-electron chi connectivity index (χ2n) is 11.6. The number of esters is 1. The van der Waals surface area contributed by atoms with Crippen molar-refractivity contribution in [3.63, 3.8) is 0 Å². The molecule has 1 aliphatic rings. The molecule has 4 aromatic rings. The van der Waals surface area contributed by atoms with Gasteiger partial charge < -0.3 is 34.9 Å². The van der Waals surface area contributed by atoms with Crippen LogP contribution in [0.5, 0.6) is 17.2 Å². The highest BCUT2D eigenvalue weighted by Crippen LogP contribution is 2.39. The first-order valence-electron chi connectivity index (χ1n) is 16.8. The number of ether oxygens (including phenoxy) is 4. The molecule has 3 aromatic carbocycles. The van der Waals surface area contributed by atoms with E-state index in [4.69, 9.17) is 18.9 Å². The van der Waals surface area contributed by atoms with Crippen LogP contribution in [0.1, 0.15) is 62.9 Å². The summed E-state index contributed by atoms with van der Waals surface area (Å²) in [5, 5.41) is 9.07. The fraction of sp³-hybridized carbons (Fsp3) is 0.282. The summed E-state index contributed by atoms with van der Waals surface area (Å²) in [5.74, 6) is -0.451. The molecule has 0 unspecified atom stereocenters. The summed E-state index contributed by atoms with van der Waals surface area (Å²) >= 11 is 2.74. The number of anilines is 2. The lowest BCUT2D eigenvalue weighted by atomic mass is 10.1. The second-order valence-corrected chi connectivity index (χ2v) is 13.8. The van der Waals surface area contributed by atoms with Gasteiger partial charge in [0, 0.05) is 32.7 Å². The lowest BCUT2D eigenvalue weighted by Crippen LogP contribution is -2.30. The topological polar surface area (TPSA) is 141 Å². The quantitative estimate of drug-likeness (QED) is 0.0523. The van der Waals surface area contributed by atoms with Crippen LogP contribution >= 0.6 is 23.1 Å². The molecule has 272 valence electrons. The van der Waals surface area contributed by atoms with E-state index in [1.807, 2.05) is 6.07 Å². The Morgan fingerprint density at radius 3 is 2.29 bits per heavy atom. The van der Waals surface area contributed by atoms with Crippen molar-refractivity contribution in [3.05, 3.63) is 99.6 Å². The van der Waals surface area contributed by atoms with E-state index in [2.05, 4.69) is 16.0 Å². The van der Waals surface area contributed by atoms with E-state index < -0.39 is 17.8 Å². The van der Waals surface area contributed by atoms with Crippen molar-refractivity contribution in [2.75, 3.05) is 44.3 Å². The number of carbonyl (C=O) groups is 4. The van der Waals surface area contributed by atoms with Gasteiger partial charge in [0.25, 0.3) is 11.8 Å². The number of thiophene rings is 1. The Balaban J connectivity index is 1.33. The van der Waals surface area contributed by atoms with Gasteiger partial charge in [-0.25, -0.2) is 4.79 Å². The molecule has 0 radical (unpaired) electrons. The molecule has 11 nitrogen and oxygen atoms in total. The Morgan fingerprint density at radius 1 is 0.827 bits per heavy atom. The van der Waals surface area contributed by atoms with Crippen LogP contribution in [-0.4, -0.2) is 57.4 Å². The number of aryl methyl sites for hydroxylation is 1. The smallest absolute Gasteiger partial charge is 0.341 e. The normalized spacial score (nSPS) is 12.5. The van der Waals surface area contributed by atoms with Gasteiger partial charge in [0.1, 0.15) is 16.4 Å². The van der Waals surface area contributed by atoms with E-state index in [0.29, 0.717) is 44.6 Å². The highest BCUT2D eigenvalue weighted by molar-refractivity contribution is 8.00. The number of thioether (sulfide) groups is 1. The van der Waals surface area contributed by atoms with E-state index in [1.165, 1.54) is 50.5 Å². The Hall–Kier alpha value is -5.27. The molecule has 0 atom stereocenters. The third kappa shape index (κ3) is 9.53. The Kier molecular flexibility index (Phi) is 13.4. The molecular weight excluding hydrogens is 703 g/mol. The zero-order chi connectivity index (χ0) is 37.0. The van der Waals surface area contributed by atoms with E-state index >= 15 is 0 Å². The number of fused-ring (bicyclic) bond motifs is 1. The summed E-state index contributed by atoms with van der Waals surface area (Å²) in [6, 6.07) is 18.8. The standard InChI is InChI=1S/C39H41N3O8S2/c1-5-50-39(46)35-28-17-10-7-11-18-33(28)52-38(35)42-34(43)23-51-27-16-12-15-26(21-27)40-37(45)29(41-36(44)24-13-8-6-9-14-24)19-25-20-31(48-3)32(49-4)22-30(25)47-2/h6,8-9,12-16,19-22H,5,7,10-11,17-18,23H2,1-4H3,(H,40,45)(H,41,44)(H,42,43)/b29-19+. The minimum absolute atomic E-state index is 0.0523. The molecule has 0 bridgehead atoms. The van der Waals surface area contributed by atoms with Crippen LogP contribution in [0, 0.1) is 0 Å². The molecule has 1 heterocycles. The predicted molar refractivity (Wildman–Crippen MR) is 204 cm³/mol. The molecule has 52 heavy (non-hydrogen) atoms. The van der Waals surface area contributed by atoms with Gasteiger partial charge in [-0.05, 0) is 80.6 Å². The monoisotopic (exact) mass is 743 g/mol. The first-order chi connectivity index (χ1) is 25.2. The van der Waals surface area contributed by atoms with Gasteiger partial charge in [0.15, 0.2) is 11.5 Å². The van der Waals surface area contributed by atoms with Gasteiger partial charge >= 0.3 is 5.97 Å². The van der Waals surface area contributed by atoms with Gasteiger partial charge in [-0.2, -0.15) is 0 Å². The fourth-order valence-electron chi connectivity index (χ4n) is 5.69. The minimum Gasteiger partial charge on any atom is -0.496 e. The van der Waals surface area contributed by atoms with Gasteiger partial charge in [-0.3, -0.25) is 14.4 Å². The third-order valence-corrected chi connectivity index (χ3v) is 10.4. The number of rotatable bonds is 14. The van der Waals surface area contributed by atoms with Crippen LogP contribution in [0.15, 0.2) is 77.3 Å². The van der Waals surface area contributed by atoms with Crippen molar-refractivity contribution in [3.8, 4) is 17.2 Å². The first-order valence-corrected chi connectivity index (χ1v) is 18.6. The molecule has 5 rings (SSSR count). The predicted octanol–water partition coefficient (Wildman–Crippen LogP) is 7.36. The summed E-state index contributed by atoms with van der Waals surface area (Å²) in [4.78, 5) is 54.9. The maximum absolute atomic E-state index is 13.8. The van der Waals surface area contributed by atoms with Gasteiger partial charge in [0.05, 0.1) is 39.3 Å². The van der Waals surface area contributed by atoms with E-state index in [9.17, 15) is 19.2 Å². The summed E-state index contributed by atoms with van der Waals surface area (Å²) < 4.78 is 21.7. The third-order valence-electron chi connectivity index (χ3n) is 8.18. The highest BCUT2D eigenvalue weighted by atomic mass is 32.2. The van der Waals surface area contributed by atoms with Crippen molar-refractivity contribution in [1.82, 2.24) is 5.32 Å². The summed E-state index contributed by atoms with van der Waals surface area (Å²) in [7, 11) is 4.48. The van der Waals surface area contributed by atoms with Crippen molar-refractivity contribution in [2.45, 2.75) is 43.9 Å². The zero-order valence-corrected chi connectivity index (χ0v) is 31.1. The second kappa shape index (κ2) is 18.3. The minimum atomic E-state index is -0.593. The Morgan fingerprint density at radius 2 is 1.56 bits per heavy atom. The fourth-order valence-corrected chi connectivity index (χ4v) is 7.74. The van der Waals surface area contributed by atoms with Crippen molar-refractivity contribution in [2.24, 2.45) is 0 Å². The van der Waals surface area contributed by atoms with E-state index in [1.54, 1.807) is 67.6 Å². The molecule has 3 amide bonds. The average Bonchev–Trinajstić information content (AvgIpc) is 3.33. The summed E-state index contributed by atoms with van der Waals surface area (Å²) in [5.41, 5.74) is 2.68. The molecule has 0 aliphatic heterocycles. The lowest BCUT2D eigenvalue weighted by molar-refractivity contribution is -0.114. The average molecular weight is 744 g/mol. The van der Waals surface area contributed by atoms with Gasteiger partial charge in [-0.1, -0.05) is 30.7 Å². The number of hydrogen-bond donors (Lipinski definition) is 3. The molecule has 0 saturated carbocycles. The molecule has 3 N–H and O–H groups in total. The molecular formula is C39H41N3O8S2. The van der Waals surface area contributed by atoms with Crippen LogP contribution in [0.25, 0.3) is 6.08 Å². The lowest BCUT2D eigenvalue weighted by Gasteiger charge is -2.15. The summed E-state index contributed by atoms with van der Waals surface area (Å²) in [6.45, 7) is 2.02. The number of hydrogen-bond acceptors (Lipinski definition) is 10. The first kappa shape index (κ1) is 38.0. The SMILES string of the molecule is CCOC(=O)c1c(NC(=O)CSc2cccc(NC(=O)/C(=C\c3cc(OC)c(OC)cc3OC)NC(=O)c3ccccc3)c2)sc2c1CCCCC2. The molecule has 0 saturated heterocycles. The van der Waals surface area contributed by atoms with Gasteiger partial charge in [0.2, 0.25) is 5.91 Å². The molecule has 0 fully saturated rings. The molecule has 1 aromatic heterocycles. The van der Waals surface area contributed by atoms with Gasteiger partial charge in [-0.15, -0.1) is 23.1 Å². The number of nitrogens with one attached hydrogen (secondary N) is 3. The molecule has 0 spiro atoms. The largest absolute Gasteiger partial charge is 0.496 e. The maximum atomic E-state index is 13.8. The van der Waals surface area contributed by atoms with E-state index in [0.717, 1.165) is 47.4 Å². The van der Waals surface area contributed by atoms with Crippen LogP contribution in [0.2, 0.25) is 0 Å². The van der Waals surface area contributed by atoms with Crippen LogP contribution < -0.4 is 30.2 Å². The molecule has 1 aliphatic carbocycles.